The van der Waals surface area contributed by atoms with Crippen LogP contribution in [0.1, 0.15) is 12.0 Å². The fourth-order valence-electron chi connectivity index (χ4n) is 1.99. The summed E-state index contributed by atoms with van der Waals surface area (Å²) >= 11 is 0. The smallest absolute Gasteiger partial charge is 0.410 e. The predicted molar refractivity (Wildman–Crippen MR) is 68.5 cm³/mol. The summed E-state index contributed by atoms with van der Waals surface area (Å²) in [4.78, 5) is 13.5. The normalized spacial score (nSPS) is 19.2. The van der Waals surface area contributed by atoms with Crippen molar-refractivity contribution in [2.24, 2.45) is 0 Å². The van der Waals surface area contributed by atoms with Gasteiger partial charge in [-0.05, 0) is 5.56 Å². The third-order valence-corrected chi connectivity index (χ3v) is 3.03. The molecule has 0 N–H and O–H groups in total. The van der Waals surface area contributed by atoms with Gasteiger partial charge in [-0.3, -0.25) is 4.39 Å². The fraction of sp³-hybridized carbons (Fsp3) is 0.500. The number of carbonyl (C=O) groups excluding carboxylic acids is 1. The zero-order valence-corrected chi connectivity index (χ0v) is 10.8. The molecule has 1 atom stereocenters. The molecule has 0 saturated carbocycles. The van der Waals surface area contributed by atoms with Gasteiger partial charge in [0.1, 0.15) is 6.61 Å². The lowest BCUT2D eigenvalue weighted by Crippen LogP contribution is -2.45. The van der Waals surface area contributed by atoms with Crippen molar-refractivity contribution in [1.82, 2.24) is 4.90 Å². The second-order valence-corrected chi connectivity index (χ2v) is 4.46. The lowest BCUT2D eigenvalue weighted by Gasteiger charge is -2.31. The maximum Gasteiger partial charge on any atom is 0.410 e. The van der Waals surface area contributed by atoms with Crippen LogP contribution >= 0.6 is 0 Å². The van der Waals surface area contributed by atoms with Gasteiger partial charge in [0.25, 0.3) is 0 Å². The van der Waals surface area contributed by atoms with E-state index in [1.54, 1.807) is 4.90 Å². The highest BCUT2D eigenvalue weighted by atomic mass is 19.1. The number of carbonyl (C=O) groups is 1. The third-order valence-electron chi connectivity index (χ3n) is 3.03. The van der Waals surface area contributed by atoms with Crippen LogP contribution < -0.4 is 0 Å². The van der Waals surface area contributed by atoms with Crippen molar-refractivity contribution in [3.8, 4) is 0 Å². The van der Waals surface area contributed by atoms with Gasteiger partial charge in [0.05, 0.1) is 25.9 Å². The van der Waals surface area contributed by atoms with E-state index in [-0.39, 0.29) is 18.8 Å². The van der Waals surface area contributed by atoms with Gasteiger partial charge in [0.2, 0.25) is 0 Å². The summed E-state index contributed by atoms with van der Waals surface area (Å²) < 4.78 is 22.9. The van der Waals surface area contributed by atoms with Gasteiger partial charge in [-0.15, -0.1) is 0 Å². The molecule has 1 fully saturated rings. The highest BCUT2D eigenvalue weighted by Crippen LogP contribution is 2.11. The van der Waals surface area contributed by atoms with E-state index in [0.717, 1.165) is 5.56 Å². The number of alkyl halides is 1. The molecule has 104 valence electrons. The molecule has 0 aromatic heterocycles. The van der Waals surface area contributed by atoms with Gasteiger partial charge >= 0.3 is 6.09 Å². The molecule has 5 heteroatoms. The molecule has 1 aliphatic heterocycles. The number of ether oxygens (including phenoxy) is 2. The Bertz CT molecular complexity index is 397. The summed E-state index contributed by atoms with van der Waals surface area (Å²) in [5.41, 5.74) is 0.949. The van der Waals surface area contributed by atoms with Crippen LogP contribution in [0.2, 0.25) is 0 Å². The zero-order valence-electron chi connectivity index (χ0n) is 10.8. The van der Waals surface area contributed by atoms with E-state index in [1.165, 1.54) is 0 Å². The minimum Gasteiger partial charge on any atom is -0.445 e. The van der Waals surface area contributed by atoms with Gasteiger partial charge in [-0.25, -0.2) is 4.79 Å². The lowest BCUT2D eigenvalue weighted by molar-refractivity contribution is -0.0335. The molecule has 19 heavy (non-hydrogen) atoms. The monoisotopic (exact) mass is 267 g/mol. The van der Waals surface area contributed by atoms with E-state index >= 15 is 0 Å². The standard InChI is InChI=1S/C14H18FNO3/c15-7-6-13-10-16(8-9-18-13)14(17)19-11-12-4-2-1-3-5-12/h1-5,13H,6-11H2. The summed E-state index contributed by atoms with van der Waals surface area (Å²) in [5.74, 6) is 0. The Kier molecular flexibility index (Phi) is 5.15. The molecule has 1 heterocycles. The average Bonchev–Trinajstić information content (AvgIpc) is 2.46. The summed E-state index contributed by atoms with van der Waals surface area (Å²) in [7, 11) is 0. The minimum absolute atomic E-state index is 0.219. The lowest BCUT2D eigenvalue weighted by atomic mass is 10.2. The van der Waals surface area contributed by atoms with Crippen LogP contribution in [-0.4, -0.2) is 43.5 Å². The topological polar surface area (TPSA) is 38.8 Å². The highest BCUT2D eigenvalue weighted by Gasteiger charge is 2.24. The second-order valence-electron chi connectivity index (χ2n) is 4.46. The van der Waals surface area contributed by atoms with Gasteiger partial charge in [0, 0.05) is 13.0 Å². The van der Waals surface area contributed by atoms with Gasteiger partial charge in [-0.2, -0.15) is 0 Å². The largest absolute Gasteiger partial charge is 0.445 e. The first-order chi connectivity index (χ1) is 9.29. The Balaban J connectivity index is 1.79. The van der Waals surface area contributed by atoms with Crippen molar-refractivity contribution < 1.29 is 18.7 Å². The van der Waals surface area contributed by atoms with Crippen LogP contribution in [0.3, 0.4) is 0 Å². The first-order valence-corrected chi connectivity index (χ1v) is 6.43. The maximum absolute atomic E-state index is 12.3. The number of halogens is 1. The van der Waals surface area contributed by atoms with Crippen LogP contribution in [0.15, 0.2) is 30.3 Å². The van der Waals surface area contributed by atoms with Gasteiger partial charge < -0.3 is 14.4 Å². The molecule has 0 radical (unpaired) electrons. The number of hydrogen-bond acceptors (Lipinski definition) is 3. The first-order valence-electron chi connectivity index (χ1n) is 6.43. The zero-order chi connectivity index (χ0) is 13.5. The van der Waals surface area contributed by atoms with E-state index in [4.69, 9.17) is 9.47 Å². The number of nitrogens with zero attached hydrogens (tertiary/aromatic N) is 1. The Morgan fingerprint density at radius 3 is 2.95 bits per heavy atom. The van der Waals surface area contributed by atoms with Crippen molar-refractivity contribution in [3.63, 3.8) is 0 Å². The molecule has 1 aromatic rings. The van der Waals surface area contributed by atoms with E-state index < -0.39 is 6.67 Å². The van der Waals surface area contributed by atoms with Gasteiger partial charge in [0.15, 0.2) is 0 Å². The van der Waals surface area contributed by atoms with Crippen molar-refractivity contribution in [1.29, 1.82) is 0 Å². The maximum atomic E-state index is 12.3. The predicted octanol–water partition coefficient (Wildman–Crippen LogP) is 2.38. The minimum atomic E-state index is -0.433. The molecule has 0 bridgehead atoms. The Hall–Kier alpha value is -1.62. The van der Waals surface area contributed by atoms with E-state index in [2.05, 4.69) is 0 Å². The van der Waals surface area contributed by atoms with Crippen LogP contribution in [-0.2, 0) is 16.1 Å². The number of rotatable bonds is 4. The number of amides is 1. The summed E-state index contributed by atoms with van der Waals surface area (Å²) in [6.45, 7) is 1.15. The van der Waals surface area contributed by atoms with Crippen molar-refractivity contribution >= 4 is 6.09 Å². The molecule has 1 aliphatic rings. The fourth-order valence-corrected chi connectivity index (χ4v) is 1.99. The second kappa shape index (κ2) is 7.09. The summed E-state index contributed by atoms with van der Waals surface area (Å²) in [5, 5.41) is 0. The molecule has 1 saturated heterocycles. The molecule has 1 unspecified atom stereocenters. The summed E-state index contributed by atoms with van der Waals surface area (Å²) in [6, 6.07) is 9.51. The van der Waals surface area contributed by atoms with Crippen LogP contribution in [0.5, 0.6) is 0 Å². The van der Waals surface area contributed by atoms with Crippen molar-refractivity contribution in [2.45, 2.75) is 19.1 Å². The van der Waals surface area contributed by atoms with E-state index in [9.17, 15) is 9.18 Å². The molecule has 4 nitrogen and oxygen atoms in total. The molecule has 1 amide bonds. The van der Waals surface area contributed by atoms with Crippen LogP contribution in [0, 0.1) is 0 Å². The van der Waals surface area contributed by atoms with Crippen LogP contribution in [0.25, 0.3) is 0 Å². The number of morpholine rings is 1. The molecule has 1 aromatic carbocycles. The number of hydrogen-bond donors (Lipinski definition) is 0. The molecule has 0 aliphatic carbocycles. The van der Waals surface area contributed by atoms with Crippen molar-refractivity contribution in [3.05, 3.63) is 35.9 Å². The summed E-state index contributed by atoms with van der Waals surface area (Å²) in [6.07, 6.45) is -0.262. The Labute approximate surface area is 112 Å². The van der Waals surface area contributed by atoms with Crippen LogP contribution in [0.4, 0.5) is 9.18 Å². The first kappa shape index (κ1) is 13.8. The van der Waals surface area contributed by atoms with E-state index in [0.29, 0.717) is 26.1 Å². The number of benzene rings is 1. The molecular weight excluding hydrogens is 249 g/mol. The Morgan fingerprint density at radius 1 is 1.42 bits per heavy atom. The van der Waals surface area contributed by atoms with E-state index in [1.807, 2.05) is 30.3 Å². The molecular formula is C14H18FNO3. The quantitative estimate of drug-likeness (QED) is 0.840. The molecule has 0 spiro atoms. The highest BCUT2D eigenvalue weighted by molar-refractivity contribution is 5.67. The average molecular weight is 267 g/mol. The van der Waals surface area contributed by atoms with Crippen molar-refractivity contribution in [2.75, 3.05) is 26.4 Å². The van der Waals surface area contributed by atoms with Gasteiger partial charge in [-0.1, -0.05) is 30.3 Å². The molecule has 2 rings (SSSR count). The third kappa shape index (κ3) is 4.21. The Morgan fingerprint density at radius 2 is 2.21 bits per heavy atom. The SMILES string of the molecule is O=C(OCc1ccccc1)N1CCOC(CCF)C1.